The van der Waals surface area contributed by atoms with Crippen molar-refractivity contribution in [3.8, 4) is 0 Å². The van der Waals surface area contributed by atoms with E-state index in [4.69, 9.17) is 0 Å². The second-order valence-electron chi connectivity index (χ2n) is 7.52. The summed E-state index contributed by atoms with van der Waals surface area (Å²) in [5.41, 5.74) is 0.608. The fraction of sp³-hybridized carbons (Fsp3) is 0.474. The molecule has 3 aliphatic heterocycles. The Morgan fingerprint density at radius 2 is 1.96 bits per heavy atom. The molecule has 1 aromatic rings. The SMILES string of the molecule is O=C1CCC(N2C(=O)c3ccc(CNC4(CF)CCNC4)cc3C2=O)C(=O)N1. The third-order valence-corrected chi connectivity index (χ3v) is 5.67. The summed E-state index contributed by atoms with van der Waals surface area (Å²) in [7, 11) is 0. The quantitative estimate of drug-likeness (QED) is 0.607. The first-order valence-electron chi connectivity index (χ1n) is 9.30. The van der Waals surface area contributed by atoms with Gasteiger partial charge in [-0.25, -0.2) is 4.39 Å². The summed E-state index contributed by atoms with van der Waals surface area (Å²) in [6, 6.07) is 3.92. The number of nitrogens with zero attached hydrogens (tertiary/aromatic N) is 1. The van der Waals surface area contributed by atoms with Crippen molar-refractivity contribution in [3.05, 3.63) is 34.9 Å². The van der Waals surface area contributed by atoms with Crippen LogP contribution in [0.2, 0.25) is 0 Å². The standard InChI is InChI=1S/C19H21FN4O4/c20-9-19(5-6-21-10-19)22-8-11-1-2-12-13(7-11)18(28)24(17(12)27)14-3-4-15(25)23-16(14)26/h1-2,7,14,21-22H,3-6,8-10H2,(H,23,25,26). The minimum absolute atomic E-state index is 0.0817. The van der Waals surface area contributed by atoms with Crippen LogP contribution in [0.15, 0.2) is 18.2 Å². The maximum Gasteiger partial charge on any atom is 0.262 e. The zero-order valence-electron chi connectivity index (χ0n) is 15.2. The van der Waals surface area contributed by atoms with E-state index in [2.05, 4.69) is 16.0 Å². The molecule has 9 heteroatoms. The zero-order chi connectivity index (χ0) is 19.9. The van der Waals surface area contributed by atoms with Crippen LogP contribution >= 0.6 is 0 Å². The van der Waals surface area contributed by atoms with Crippen LogP contribution in [-0.4, -0.2) is 59.9 Å². The number of piperidine rings is 1. The molecule has 148 valence electrons. The van der Waals surface area contributed by atoms with E-state index in [9.17, 15) is 23.6 Å². The Kier molecular flexibility index (Phi) is 4.72. The molecular formula is C19H21FN4O4. The van der Waals surface area contributed by atoms with Gasteiger partial charge >= 0.3 is 0 Å². The van der Waals surface area contributed by atoms with Crippen LogP contribution in [-0.2, 0) is 16.1 Å². The molecule has 0 aliphatic carbocycles. The van der Waals surface area contributed by atoms with Crippen LogP contribution < -0.4 is 16.0 Å². The Labute approximate surface area is 160 Å². The molecule has 2 atom stereocenters. The van der Waals surface area contributed by atoms with E-state index < -0.39 is 41.9 Å². The largest absolute Gasteiger partial charge is 0.315 e. The average molecular weight is 388 g/mol. The minimum atomic E-state index is -0.981. The maximum atomic E-state index is 13.4. The van der Waals surface area contributed by atoms with Crippen molar-refractivity contribution in [2.75, 3.05) is 19.8 Å². The van der Waals surface area contributed by atoms with Gasteiger partial charge in [0.1, 0.15) is 12.7 Å². The molecule has 1 aromatic carbocycles. The first kappa shape index (κ1) is 18.7. The molecule has 8 nitrogen and oxygen atoms in total. The number of imide groups is 2. The van der Waals surface area contributed by atoms with E-state index in [0.29, 0.717) is 19.5 Å². The van der Waals surface area contributed by atoms with Crippen molar-refractivity contribution < 1.29 is 23.6 Å². The Hall–Kier alpha value is -2.65. The van der Waals surface area contributed by atoms with Gasteiger partial charge in [0, 0.05) is 19.5 Å². The van der Waals surface area contributed by atoms with Crippen LogP contribution in [0.3, 0.4) is 0 Å². The Morgan fingerprint density at radius 3 is 2.64 bits per heavy atom. The molecule has 3 N–H and O–H groups in total. The summed E-state index contributed by atoms with van der Waals surface area (Å²) < 4.78 is 13.4. The van der Waals surface area contributed by atoms with Gasteiger partial charge in [-0.1, -0.05) is 6.07 Å². The summed E-state index contributed by atoms with van der Waals surface area (Å²) in [5, 5.41) is 8.52. The average Bonchev–Trinajstić information content (AvgIpc) is 3.25. The smallest absolute Gasteiger partial charge is 0.262 e. The molecule has 3 aliphatic rings. The van der Waals surface area contributed by atoms with Gasteiger partial charge in [0.2, 0.25) is 11.8 Å². The molecule has 0 spiro atoms. The number of fused-ring (bicyclic) bond motifs is 1. The Balaban J connectivity index is 1.52. The van der Waals surface area contributed by atoms with E-state index in [0.717, 1.165) is 17.0 Å². The number of hydrogen-bond acceptors (Lipinski definition) is 6. The second-order valence-corrected chi connectivity index (χ2v) is 7.52. The van der Waals surface area contributed by atoms with Gasteiger partial charge in [-0.15, -0.1) is 0 Å². The van der Waals surface area contributed by atoms with E-state index in [1.54, 1.807) is 18.2 Å². The lowest BCUT2D eigenvalue weighted by atomic mass is 9.99. The van der Waals surface area contributed by atoms with Crippen LogP contribution in [0.5, 0.6) is 0 Å². The molecule has 4 amide bonds. The fourth-order valence-electron chi connectivity index (χ4n) is 3.97. The van der Waals surface area contributed by atoms with E-state index in [1.165, 1.54) is 0 Å². The van der Waals surface area contributed by atoms with Gasteiger partial charge < -0.3 is 10.6 Å². The predicted octanol–water partition coefficient (Wildman–Crippen LogP) is -0.121. The van der Waals surface area contributed by atoms with Crippen molar-refractivity contribution in [1.29, 1.82) is 0 Å². The summed E-state index contributed by atoms with van der Waals surface area (Å²) in [6.07, 6.45) is 0.879. The topological polar surface area (TPSA) is 108 Å². The van der Waals surface area contributed by atoms with Gasteiger partial charge in [-0.2, -0.15) is 0 Å². The van der Waals surface area contributed by atoms with Gasteiger partial charge in [-0.3, -0.25) is 29.4 Å². The first-order chi connectivity index (χ1) is 13.4. The van der Waals surface area contributed by atoms with Crippen molar-refractivity contribution in [2.24, 2.45) is 0 Å². The highest BCUT2D eigenvalue weighted by atomic mass is 19.1. The molecule has 2 fully saturated rings. The highest BCUT2D eigenvalue weighted by molar-refractivity contribution is 6.23. The predicted molar refractivity (Wildman–Crippen MR) is 96.1 cm³/mol. The van der Waals surface area contributed by atoms with Crippen molar-refractivity contribution in [2.45, 2.75) is 37.4 Å². The Bertz CT molecular complexity index is 865. The van der Waals surface area contributed by atoms with Crippen molar-refractivity contribution in [3.63, 3.8) is 0 Å². The van der Waals surface area contributed by atoms with Crippen LogP contribution in [0.1, 0.15) is 45.5 Å². The lowest BCUT2D eigenvalue weighted by Crippen LogP contribution is -2.54. The molecule has 28 heavy (non-hydrogen) atoms. The molecular weight excluding hydrogens is 367 g/mol. The number of carbonyl (C=O) groups is 4. The molecule has 4 rings (SSSR count). The molecule has 2 unspecified atom stereocenters. The highest BCUT2D eigenvalue weighted by Crippen LogP contribution is 2.28. The highest BCUT2D eigenvalue weighted by Gasteiger charge is 2.44. The number of rotatable bonds is 5. The first-order valence-corrected chi connectivity index (χ1v) is 9.30. The van der Waals surface area contributed by atoms with E-state index in [-0.39, 0.29) is 24.0 Å². The molecule has 0 aromatic heterocycles. The summed E-state index contributed by atoms with van der Waals surface area (Å²) >= 11 is 0. The molecule has 3 heterocycles. The number of amides is 4. The van der Waals surface area contributed by atoms with Gasteiger partial charge in [0.25, 0.3) is 11.8 Å². The maximum absolute atomic E-state index is 13.4. The van der Waals surface area contributed by atoms with E-state index >= 15 is 0 Å². The third-order valence-electron chi connectivity index (χ3n) is 5.67. The Morgan fingerprint density at radius 1 is 1.18 bits per heavy atom. The molecule has 2 saturated heterocycles. The number of benzene rings is 1. The zero-order valence-corrected chi connectivity index (χ0v) is 15.2. The number of halogens is 1. The van der Waals surface area contributed by atoms with Crippen LogP contribution in [0.25, 0.3) is 0 Å². The van der Waals surface area contributed by atoms with Gasteiger partial charge in [-0.05, 0) is 37.1 Å². The fourth-order valence-corrected chi connectivity index (χ4v) is 3.97. The van der Waals surface area contributed by atoms with Crippen molar-refractivity contribution in [1.82, 2.24) is 20.9 Å². The normalized spacial score (nSPS) is 27.3. The van der Waals surface area contributed by atoms with Gasteiger partial charge in [0.15, 0.2) is 0 Å². The monoisotopic (exact) mass is 388 g/mol. The lowest BCUT2D eigenvalue weighted by molar-refractivity contribution is -0.136. The molecule has 0 radical (unpaired) electrons. The van der Waals surface area contributed by atoms with E-state index in [1.807, 2.05) is 0 Å². The van der Waals surface area contributed by atoms with Crippen LogP contribution in [0, 0.1) is 0 Å². The van der Waals surface area contributed by atoms with Crippen LogP contribution in [0.4, 0.5) is 4.39 Å². The lowest BCUT2D eigenvalue weighted by Gasteiger charge is -2.27. The second kappa shape index (κ2) is 7.06. The summed E-state index contributed by atoms with van der Waals surface area (Å²) in [5.74, 6) is -2.12. The molecule has 0 saturated carbocycles. The number of hydrogen-bond donors (Lipinski definition) is 3. The molecule has 0 bridgehead atoms. The summed E-state index contributed by atoms with van der Waals surface area (Å²) in [6.45, 7) is 1.15. The third kappa shape index (κ3) is 3.10. The number of alkyl halides is 1. The minimum Gasteiger partial charge on any atom is -0.315 e. The number of carbonyl (C=O) groups excluding carboxylic acids is 4. The summed E-state index contributed by atoms with van der Waals surface area (Å²) in [4.78, 5) is 49.9. The van der Waals surface area contributed by atoms with Gasteiger partial charge in [0.05, 0.1) is 16.7 Å². The number of nitrogens with one attached hydrogen (secondary N) is 3. The van der Waals surface area contributed by atoms with Crippen molar-refractivity contribution >= 4 is 23.6 Å².